The molecule has 2 aliphatic rings. The first-order valence-corrected chi connectivity index (χ1v) is 21.8. The van der Waals surface area contributed by atoms with E-state index in [1.165, 1.54) is 81.9 Å². The summed E-state index contributed by atoms with van der Waals surface area (Å²) in [4.78, 5) is 30.2. The highest BCUT2D eigenvalue weighted by Gasteiger charge is 2.39. The fraction of sp³-hybridized carbons (Fsp3) is 0.480. The molecule has 1 fully saturated rings. The first kappa shape index (κ1) is 42.5. The number of rotatable bonds is 22. The highest BCUT2D eigenvalue weighted by Crippen LogP contribution is 2.42. The van der Waals surface area contributed by atoms with Gasteiger partial charge in [-0.1, -0.05) is 158 Å². The molecular weight excluding hydrogens is 709 g/mol. The van der Waals surface area contributed by atoms with Crippen molar-refractivity contribution in [2.45, 2.75) is 129 Å². The standard InChI is InChI=1S/C50H64N2O5/c1-4-6-8-10-12-16-30-51(31-17-13-11-9-7-5-2)35-46-37(3)47(40-28-26-38(36-53)27-29-40)57-50(56-46)43-23-19-22-42(33-43)41-21-18-20-39(32-41)34-52-48(54)44-24-14-15-25-45(44)49(52)55/h14-15,18-29,32-33,37,46-47,50,53H,4-13,16-17,30-31,34-36H2,1-3H3/t37-,46+,47+,50+/m1/s1. The van der Waals surface area contributed by atoms with Gasteiger partial charge in [0.25, 0.3) is 11.8 Å². The van der Waals surface area contributed by atoms with Crippen molar-refractivity contribution >= 4 is 11.8 Å². The monoisotopic (exact) mass is 772 g/mol. The molecule has 1 saturated heterocycles. The molecule has 0 aromatic heterocycles. The summed E-state index contributed by atoms with van der Waals surface area (Å²) in [5.74, 6) is -0.396. The number of hydrogen-bond acceptors (Lipinski definition) is 6. The van der Waals surface area contributed by atoms with Gasteiger partial charge in [0, 0.05) is 18.0 Å². The SMILES string of the molecule is CCCCCCCCN(CCCCCCCC)C[C@@H]1O[C@H](c2cccc(-c3cccc(CN4C(=O)c5ccccc5C4=O)c3)c2)O[C@H](c2ccc(CO)cc2)[C@@H]1C. The van der Waals surface area contributed by atoms with Crippen LogP contribution in [0.15, 0.2) is 97.1 Å². The summed E-state index contributed by atoms with van der Waals surface area (Å²) in [7, 11) is 0. The second-order valence-electron chi connectivity index (χ2n) is 16.2. The van der Waals surface area contributed by atoms with Crippen molar-refractivity contribution < 1.29 is 24.2 Å². The lowest BCUT2D eigenvalue weighted by atomic mass is 9.89. The quantitative estimate of drug-likeness (QED) is 0.0633. The Morgan fingerprint density at radius 3 is 1.81 bits per heavy atom. The number of unbranched alkanes of at least 4 members (excludes halogenated alkanes) is 10. The van der Waals surface area contributed by atoms with Gasteiger partial charge in [-0.2, -0.15) is 0 Å². The summed E-state index contributed by atoms with van der Waals surface area (Å²) in [6.45, 7) is 10.0. The van der Waals surface area contributed by atoms with Gasteiger partial charge in [0.2, 0.25) is 0 Å². The molecular formula is C50H64N2O5. The van der Waals surface area contributed by atoms with Crippen LogP contribution in [0.25, 0.3) is 11.1 Å². The minimum Gasteiger partial charge on any atom is -0.392 e. The second-order valence-corrected chi connectivity index (χ2v) is 16.2. The molecule has 0 spiro atoms. The number of amides is 2. The Hall–Kier alpha value is -4.14. The minimum absolute atomic E-state index is 0.00779. The number of ether oxygens (including phenoxy) is 2. The molecule has 6 rings (SSSR count). The number of carbonyl (C=O) groups is 2. The lowest BCUT2D eigenvalue weighted by Gasteiger charge is -2.43. The number of benzene rings is 4. The molecule has 4 atom stereocenters. The van der Waals surface area contributed by atoms with E-state index < -0.39 is 6.29 Å². The second kappa shape index (κ2) is 21.6. The summed E-state index contributed by atoms with van der Waals surface area (Å²) < 4.78 is 13.9. The van der Waals surface area contributed by atoms with E-state index in [9.17, 15) is 14.7 Å². The third-order valence-electron chi connectivity index (χ3n) is 11.9. The van der Waals surface area contributed by atoms with Gasteiger partial charge in [0.15, 0.2) is 6.29 Å². The Bertz CT molecular complexity index is 1820. The molecule has 0 unspecified atom stereocenters. The molecule has 4 aromatic carbocycles. The normalized spacial score (nSPS) is 19.4. The van der Waals surface area contributed by atoms with Crippen LogP contribution in [0.1, 0.15) is 153 Å². The van der Waals surface area contributed by atoms with Crippen LogP contribution in [0.4, 0.5) is 0 Å². The van der Waals surface area contributed by atoms with Crippen LogP contribution >= 0.6 is 0 Å². The third kappa shape index (κ3) is 11.3. The van der Waals surface area contributed by atoms with Crippen molar-refractivity contribution in [1.29, 1.82) is 0 Å². The van der Waals surface area contributed by atoms with Crippen LogP contribution < -0.4 is 0 Å². The van der Waals surface area contributed by atoms with E-state index in [0.717, 1.165) is 53.0 Å². The number of fused-ring (bicyclic) bond motifs is 1. The fourth-order valence-corrected chi connectivity index (χ4v) is 8.39. The van der Waals surface area contributed by atoms with Crippen molar-refractivity contribution in [2.24, 2.45) is 5.92 Å². The summed E-state index contributed by atoms with van der Waals surface area (Å²) in [6.07, 6.45) is 14.6. The summed E-state index contributed by atoms with van der Waals surface area (Å²) in [5, 5.41) is 9.76. The highest BCUT2D eigenvalue weighted by molar-refractivity contribution is 6.21. The first-order valence-electron chi connectivity index (χ1n) is 21.8. The van der Waals surface area contributed by atoms with Gasteiger partial charge >= 0.3 is 0 Å². The van der Waals surface area contributed by atoms with Gasteiger partial charge in [0.05, 0.1) is 36.5 Å². The molecule has 304 valence electrons. The van der Waals surface area contributed by atoms with Crippen molar-refractivity contribution in [2.75, 3.05) is 19.6 Å². The maximum absolute atomic E-state index is 13.1. The van der Waals surface area contributed by atoms with E-state index in [4.69, 9.17) is 9.47 Å². The molecule has 4 aromatic rings. The van der Waals surface area contributed by atoms with Gasteiger partial charge < -0.3 is 19.5 Å². The zero-order valence-electron chi connectivity index (χ0n) is 34.5. The van der Waals surface area contributed by atoms with Crippen molar-refractivity contribution in [3.8, 4) is 11.1 Å². The molecule has 57 heavy (non-hydrogen) atoms. The largest absolute Gasteiger partial charge is 0.392 e. The van der Waals surface area contributed by atoms with Crippen molar-refractivity contribution in [3.63, 3.8) is 0 Å². The number of aliphatic hydroxyl groups excluding tert-OH is 1. The Morgan fingerprint density at radius 1 is 0.614 bits per heavy atom. The Kier molecular flexibility index (Phi) is 16.1. The smallest absolute Gasteiger partial charge is 0.261 e. The average Bonchev–Trinajstić information content (AvgIpc) is 3.48. The molecule has 0 radical (unpaired) electrons. The molecule has 0 bridgehead atoms. The predicted octanol–water partition coefficient (Wildman–Crippen LogP) is 11.5. The van der Waals surface area contributed by atoms with Crippen LogP contribution in [0, 0.1) is 5.92 Å². The predicted molar refractivity (Wildman–Crippen MR) is 229 cm³/mol. The minimum atomic E-state index is -0.569. The molecule has 0 saturated carbocycles. The van der Waals surface area contributed by atoms with E-state index in [1.807, 2.05) is 24.3 Å². The molecule has 2 heterocycles. The lowest BCUT2D eigenvalue weighted by Crippen LogP contribution is -2.45. The van der Waals surface area contributed by atoms with Crippen molar-refractivity contribution in [1.82, 2.24) is 9.80 Å². The molecule has 1 N–H and O–H groups in total. The van der Waals surface area contributed by atoms with E-state index >= 15 is 0 Å². The lowest BCUT2D eigenvalue weighted by molar-refractivity contribution is -0.276. The summed E-state index contributed by atoms with van der Waals surface area (Å²) >= 11 is 0. The molecule has 0 aliphatic carbocycles. The van der Waals surface area contributed by atoms with Crippen LogP contribution in [0.3, 0.4) is 0 Å². The first-order chi connectivity index (χ1) is 27.9. The number of hydrogen-bond donors (Lipinski definition) is 1. The number of imide groups is 1. The average molecular weight is 773 g/mol. The Labute approximate surface area is 341 Å². The molecule has 2 aliphatic heterocycles. The molecule has 2 amide bonds. The van der Waals surface area contributed by atoms with Gasteiger partial charge in [-0.25, -0.2) is 0 Å². The third-order valence-corrected chi connectivity index (χ3v) is 11.9. The Morgan fingerprint density at radius 2 is 1.19 bits per heavy atom. The zero-order valence-corrected chi connectivity index (χ0v) is 34.5. The fourth-order valence-electron chi connectivity index (χ4n) is 8.39. The molecule has 7 nitrogen and oxygen atoms in total. The Balaban J connectivity index is 1.21. The van der Waals surface area contributed by atoms with Crippen LogP contribution in [0.2, 0.25) is 0 Å². The highest BCUT2D eigenvalue weighted by atomic mass is 16.7. The van der Waals surface area contributed by atoms with E-state index in [1.54, 1.807) is 24.3 Å². The van der Waals surface area contributed by atoms with Gasteiger partial charge in [0.1, 0.15) is 0 Å². The van der Waals surface area contributed by atoms with Crippen LogP contribution in [-0.2, 0) is 22.6 Å². The van der Waals surface area contributed by atoms with Gasteiger partial charge in [-0.15, -0.1) is 0 Å². The maximum atomic E-state index is 13.1. The molecule has 7 heteroatoms. The maximum Gasteiger partial charge on any atom is 0.261 e. The van der Waals surface area contributed by atoms with Crippen LogP contribution in [0.5, 0.6) is 0 Å². The number of carbonyl (C=O) groups excluding carboxylic acids is 2. The van der Waals surface area contributed by atoms with E-state index in [2.05, 4.69) is 74.2 Å². The number of aliphatic hydroxyl groups is 1. The van der Waals surface area contributed by atoms with E-state index in [0.29, 0.717) is 11.1 Å². The summed E-state index contributed by atoms with van der Waals surface area (Å²) in [6, 6.07) is 31.6. The van der Waals surface area contributed by atoms with E-state index in [-0.39, 0.29) is 43.1 Å². The van der Waals surface area contributed by atoms with Crippen LogP contribution in [-0.4, -0.2) is 52.5 Å². The van der Waals surface area contributed by atoms with Gasteiger partial charge in [-0.05, 0) is 78.0 Å². The van der Waals surface area contributed by atoms with Crippen molar-refractivity contribution in [3.05, 3.63) is 130 Å². The van der Waals surface area contributed by atoms with Gasteiger partial charge in [-0.3, -0.25) is 14.5 Å². The summed E-state index contributed by atoms with van der Waals surface area (Å²) in [5.41, 5.74) is 6.73. The number of nitrogens with zero attached hydrogens (tertiary/aromatic N) is 2. The topological polar surface area (TPSA) is 79.3 Å². The zero-order chi connectivity index (χ0) is 40.0.